The van der Waals surface area contributed by atoms with E-state index in [0.29, 0.717) is 18.7 Å². The SMILES string of the molecule is O=C(c1cc(-c2ccccc2)on1)N1CCCC1CS(=O)(=O)c1ccccc1. The fourth-order valence-electron chi connectivity index (χ4n) is 3.52. The predicted molar refractivity (Wildman–Crippen MR) is 104 cm³/mol. The van der Waals surface area contributed by atoms with E-state index >= 15 is 0 Å². The lowest BCUT2D eigenvalue weighted by Gasteiger charge is -2.23. The highest BCUT2D eigenvalue weighted by molar-refractivity contribution is 7.91. The molecule has 1 saturated heterocycles. The molecule has 2 aromatic carbocycles. The molecule has 0 N–H and O–H groups in total. The molecule has 1 fully saturated rings. The van der Waals surface area contributed by atoms with E-state index in [9.17, 15) is 13.2 Å². The molecule has 1 aliphatic rings. The van der Waals surface area contributed by atoms with Crippen LogP contribution in [0.2, 0.25) is 0 Å². The van der Waals surface area contributed by atoms with Crippen LogP contribution in [0.25, 0.3) is 11.3 Å². The molecule has 0 bridgehead atoms. The molecule has 28 heavy (non-hydrogen) atoms. The Morgan fingerprint density at radius 3 is 2.46 bits per heavy atom. The quantitative estimate of drug-likeness (QED) is 0.660. The summed E-state index contributed by atoms with van der Waals surface area (Å²) in [6.45, 7) is 0.515. The van der Waals surface area contributed by atoms with Gasteiger partial charge in [0.1, 0.15) is 0 Å². The van der Waals surface area contributed by atoms with Crippen molar-refractivity contribution in [3.8, 4) is 11.3 Å². The third-order valence-electron chi connectivity index (χ3n) is 4.94. The highest BCUT2D eigenvalue weighted by Crippen LogP contribution is 2.26. The molecule has 3 aromatic rings. The standard InChI is InChI=1S/C21H20N2O4S/c24-21(19-14-20(27-22-19)16-8-3-1-4-9-16)23-13-7-10-17(23)15-28(25,26)18-11-5-2-6-12-18/h1-6,8-9,11-12,14,17H,7,10,13,15H2. The van der Waals surface area contributed by atoms with Crippen molar-refractivity contribution in [3.63, 3.8) is 0 Å². The van der Waals surface area contributed by atoms with Gasteiger partial charge in [0.05, 0.1) is 10.6 Å². The lowest BCUT2D eigenvalue weighted by atomic mass is 10.1. The van der Waals surface area contributed by atoms with Crippen LogP contribution in [0.3, 0.4) is 0 Å². The van der Waals surface area contributed by atoms with Gasteiger partial charge in [0.15, 0.2) is 21.3 Å². The number of rotatable bonds is 5. The van der Waals surface area contributed by atoms with Crippen molar-refractivity contribution in [2.75, 3.05) is 12.3 Å². The van der Waals surface area contributed by atoms with E-state index < -0.39 is 9.84 Å². The van der Waals surface area contributed by atoms with Crippen LogP contribution < -0.4 is 0 Å². The highest BCUT2D eigenvalue weighted by atomic mass is 32.2. The number of likely N-dealkylation sites (tertiary alicyclic amines) is 1. The molecule has 7 heteroatoms. The Morgan fingerprint density at radius 2 is 1.75 bits per heavy atom. The first-order valence-corrected chi connectivity index (χ1v) is 10.8. The Morgan fingerprint density at radius 1 is 1.07 bits per heavy atom. The summed E-state index contributed by atoms with van der Waals surface area (Å²) in [5, 5.41) is 3.91. The molecule has 4 rings (SSSR count). The van der Waals surface area contributed by atoms with Gasteiger partial charge in [-0.15, -0.1) is 0 Å². The average Bonchev–Trinajstić information content (AvgIpc) is 3.38. The number of carbonyl (C=O) groups excluding carboxylic acids is 1. The van der Waals surface area contributed by atoms with Crippen molar-refractivity contribution < 1.29 is 17.7 Å². The van der Waals surface area contributed by atoms with Crippen molar-refractivity contribution in [3.05, 3.63) is 72.4 Å². The van der Waals surface area contributed by atoms with E-state index in [-0.39, 0.29) is 28.3 Å². The van der Waals surface area contributed by atoms with Gasteiger partial charge in [0, 0.05) is 24.2 Å². The molecule has 144 valence electrons. The summed E-state index contributed by atoms with van der Waals surface area (Å²) in [5.74, 6) is 0.125. The van der Waals surface area contributed by atoms with E-state index in [2.05, 4.69) is 5.16 Å². The number of amides is 1. The molecule has 0 radical (unpaired) electrons. The zero-order valence-electron chi connectivity index (χ0n) is 15.2. The number of carbonyl (C=O) groups is 1. The molecular weight excluding hydrogens is 376 g/mol. The van der Waals surface area contributed by atoms with E-state index in [4.69, 9.17) is 4.52 Å². The van der Waals surface area contributed by atoms with Crippen LogP contribution in [-0.4, -0.2) is 42.7 Å². The number of hydrogen-bond acceptors (Lipinski definition) is 5. The summed E-state index contributed by atoms with van der Waals surface area (Å²) in [6, 6.07) is 19.0. The van der Waals surface area contributed by atoms with Gasteiger partial charge in [0.25, 0.3) is 5.91 Å². The molecule has 1 atom stereocenters. The lowest BCUT2D eigenvalue weighted by Crippen LogP contribution is -2.39. The van der Waals surface area contributed by atoms with Crippen LogP contribution in [0.15, 0.2) is 76.1 Å². The van der Waals surface area contributed by atoms with Gasteiger partial charge < -0.3 is 9.42 Å². The molecule has 6 nitrogen and oxygen atoms in total. The molecule has 1 aromatic heterocycles. The van der Waals surface area contributed by atoms with Crippen LogP contribution in [0.4, 0.5) is 0 Å². The van der Waals surface area contributed by atoms with Crippen molar-refractivity contribution in [2.24, 2.45) is 0 Å². The number of benzene rings is 2. The second-order valence-corrected chi connectivity index (χ2v) is 8.87. The van der Waals surface area contributed by atoms with E-state index in [1.54, 1.807) is 41.3 Å². The third kappa shape index (κ3) is 3.71. The Bertz CT molecular complexity index is 1060. The Hall–Kier alpha value is -2.93. The topological polar surface area (TPSA) is 80.5 Å². The predicted octanol–water partition coefficient (Wildman–Crippen LogP) is 3.42. The molecule has 2 heterocycles. The monoisotopic (exact) mass is 396 g/mol. The van der Waals surface area contributed by atoms with Crippen LogP contribution in [-0.2, 0) is 9.84 Å². The number of sulfone groups is 1. The van der Waals surface area contributed by atoms with Crippen LogP contribution in [0.5, 0.6) is 0 Å². The van der Waals surface area contributed by atoms with E-state index in [1.807, 2.05) is 30.3 Å². The van der Waals surface area contributed by atoms with Crippen molar-refractivity contribution in [2.45, 2.75) is 23.8 Å². The summed E-state index contributed by atoms with van der Waals surface area (Å²) >= 11 is 0. The maximum absolute atomic E-state index is 12.9. The zero-order chi connectivity index (χ0) is 19.6. The van der Waals surface area contributed by atoms with Gasteiger partial charge >= 0.3 is 0 Å². The smallest absolute Gasteiger partial charge is 0.276 e. The summed E-state index contributed by atoms with van der Waals surface area (Å²) < 4.78 is 30.7. The Kier molecular flexibility index (Phi) is 5.00. The Balaban J connectivity index is 1.52. The van der Waals surface area contributed by atoms with Crippen molar-refractivity contribution in [1.29, 1.82) is 0 Å². The van der Waals surface area contributed by atoms with Crippen molar-refractivity contribution in [1.82, 2.24) is 10.1 Å². The van der Waals surface area contributed by atoms with Crippen LogP contribution >= 0.6 is 0 Å². The first kappa shape index (κ1) is 18.4. The maximum atomic E-state index is 12.9. The molecule has 0 aliphatic carbocycles. The van der Waals surface area contributed by atoms with Gasteiger partial charge in [-0.1, -0.05) is 53.7 Å². The summed E-state index contributed by atoms with van der Waals surface area (Å²) in [7, 11) is -3.47. The summed E-state index contributed by atoms with van der Waals surface area (Å²) in [4.78, 5) is 14.8. The van der Waals surface area contributed by atoms with Gasteiger partial charge in [0.2, 0.25) is 0 Å². The third-order valence-corrected chi connectivity index (χ3v) is 6.75. The molecular formula is C21H20N2O4S. The molecule has 1 unspecified atom stereocenters. The minimum absolute atomic E-state index is 0.0911. The zero-order valence-corrected chi connectivity index (χ0v) is 16.0. The van der Waals surface area contributed by atoms with Gasteiger partial charge in [-0.2, -0.15) is 0 Å². The first-order valence-electron chi connectivity index (χ1n) is 9.15. The normalized spacial score (nSPS) is 17.0. The fourth-order valence-corrected chi connectivity index (χ4v) is 5.13. The van der Waals surface area contributed by atoms with Crippen LogP contribution in [0.1, 0.15) is 23.3 Å². The molecule has 1 aliphatic heterocycles. The highest BCUT2D eigenvalue weighted by Gasteiger charge is 2.34. The van der Waals surface area contributed by atoms with Gasteiger partial charge in [-0.3, -0.25) is 4.79 Å². The van der Waals surface area contributed by atoms with E-state index in [0.717, 1.165) is 12.0 Å². The number of aromatic nitrogens is 1. The molecule has 0 saturated carbocycles. The minimum atomic E-state index is -3.47. The van der Waals surface area contributed by atoms with Gasteiger partial charge in [-0.05, 0) is 25.0 Å². The largest absolute Gasteiger partial charge is 0.355 e. The van der Waals surface area contributed by atoms with E-state index in [1.165, 1.54) is 0 Å². The second-order valence-electron chi connectivity index (χ2n) is 6.83. The summed E-state index contributed by atoms with van der Waals surface area (Å²) in [6.07, 6.45) is 1.42. The number of nitrogens with zero attached hydrogens (tertiary/aromatic N) is 2. The molecule has 1 amide bonds. The number of hydrogen-bond donors (Lipinski definition) is 0. The summed E-state index contributed by atoms with van der Waals surface area (Å²) in [5.41, 5.74) is 1.03. The first-order chi connectivity index (χ1) is 13.5. The minimum Gasteiger partial charge on any atom is -0.355 e. The van der Waals surface area contributed by atoms with Crippen molar-refractivity contribution >= 4 is 15.7 Å². The lowest BCUT2D eigenvalue weighted by molar-refractivity contribution is 0.0739. The van der Waals surface area contributed by atoms with Crippen LogP contribution in [0, 0.1) is 0 Å². The molecule has 0 spiro atoms. The van der Waals surface area contributed by atoms with Gasteiger partial charge in [-0.25, -0.2) is 8.42 Å². The average molecular weight is 396 g/mol. The second kappa shape index (κ2) is 7.59. The fraction of sp³-hybridized carbons (Fsp3) is 0.238. The maximum Gasteiger partial charge on any atom is 0.276 e. The Labute approximate surface area is 163 Å².